The van der Waals surface area contributed by atoms with Gasteiger partial charge in [-0.3, -0.25) is 0 Å². The number of benzene rings is 2. The van der Waals surface area contributed by atoms with Crippen molar-refractivity contribution in [1.29, 1.82) is 0 Å². The number of rotatable bonds is 6. The van der Waals surface area contributed by atoms with Crippen molar-refractivity contribution in [3.8, 4) is 5.75 Å². The van der Waals surface area contributed by atoms with E-state index in [4.69, 9.17) is 4.74 Å². The molecule has 8 heteroatoms. The fraction of sp³-hybridized carbons (Fsp3) is 0.250. The summed E-state index contributed by atoms with van der Waals surface area (Å²) in [7, 11) is -3.08. The molecular formula is C16H16F3NO3S. The minimum absolute atomic E-state index is 0.0623. The highest BCUT2D eigenvalue weighted by atomic mass is 32.2. The van der Waals surface area contributed by atoms with Gasteiger partial charge in [0.25, 0.3) is 0 Å². The molecule has 0 saturated carbocycles. The molecule has 2 aromatic rings. The number of ether oxygens (including phenoxy) is 1. The Bertz CT molecular complexity index is 823. The Kier molecular flexibility index (Phi) is 5.51. The molecule has 0 atom stereocenters. The van der Waals surface area contributed by atoms with Gasteiger partial charge in [-0.15, -0.1) is 0 Å². The molecule has 0 aromatic heterocycles. The van der Waals surface area contributed by atoms with Crippen LogP contribution in [0.2, 0.25) is 0 Å². The minimum atomic E-state index is -4.31. The van der Waals surface area contributed by atoms with E-state index in [2.05, 4.69) is 0 Å². The summed E-state index contributed by atoms with van der Waals surface area (Å²) >= 11 is 0. The van der Waals surface area contributed by atoms with E-state index in [9.17, 15) is 21.6 Å². The van der Waals surface area contributed by atoms with Gasteiger partial charge in [0.15, 0.2) is 17.5 Å². The first-order valence-corrected chi connectivity index (χ1v) is 8.53. The third kappa shape index (κ3) is 3.70. The molecule has 0 aliphatic heterocycles. The van der Waals surface area contributed by atoms with E-state index in [0.29, 0.717) is 30.1 Å². The van der Waals surface area contributed by atoms with E-state index < -0.39 is 32.4 Å². The molecule has 0 bridgehead atoms. The molecular weight excluding hydrogens is 343 g/mol. The second-order valence-electron chi connectivity index (χ2n) is 5.01. The average Bonchev–Trinajstić information content (AvgIpc) is 2.54. The molecule has 130 valence electrons. The number of halogens is 3. The van der Waals surface area contributed by atoms with Crippen LogP contribution in [0, 0.1) is 17.5 Å². The molecule has 0 aliphatic carbocycles. The molecule has 0 unspecified atom stereocenters. The molecule has 0 heterocycles. The predicted octanol–water partition coefficient (Wildman–Crippen LogP) is 3.32. The van der Waals surface area contributed by atoms with Gasteiger partial charge >= 0.3 is 0 Å². The quantitative estimate of drug-likeness (QED) is 0.744. The number of sulfonamides is 1. The smallest absolute Gasteiger partial charge is 0.246 e. The van der Waals surface area contributed by atoms with E-state index in [1.165, 1.54) is 7.05 Å². The first-order chi connectivity index (χ1) is 11.3. The highest BCUT2D eigenvalue weighted by Crippen LogP contribution is 2.23. The topological polar surface area (TPSA) is 46.6 Å². The van der Waals surface area contributed by atoms with Crippen molar-refractivity contribution in [2.45, 2.75) is 18.4 Å². The van der Waals surface area contributed by atoms with Gasteiger partial charge in [-0.05, 0) is 36.8 Å². The summed E-state index contributed by atoms with van der Waals surface area (Å²) < 4.78 is 70.9. The summed E-state index contributed by atoms with van der Waals surface area (Å²) in [5.41, 5.74) is 0.632. The van der Waals surface area contributed by atoms with Crippen LogP contribution in [0.15, 0.2) is 41.3 Å². The monoisotopic (exact) mass is 359 g/mol. The van der Waals surface area contributed by atoms with Gasteiger partial charge in [0.1, 0.15) is 10.6 Å². The Morgan fingerprint density at radius 2 is 1.62 bits per heavy atom. The van der Waals surface area contributed by atoms with Gasteiger partial charge in [0, 0.05) is 13.6 Å². The summed E-state index contributed by atoms with van der Waals surface area (Å²) in [6.07, 6.45) is 0. The van der Waals surface area contributed by atoms with Crippen molar-refractivity contribution in [3.05, 3.63) is 59.4 Å². The van der Waals surface area contributed by atoms with Gasteiger partial charge < -0.3 is 4.74 Å². The zero-order chi connectivity index (χ0) is 17.9. The predicted molar refractivity (Wildman–Crippen MR) is 82.6 cm³/mol. The lowest BCUT2D eigenvalue weighted by Crippen LogP contribution is -2.27. The largest absolute Gasteiger partial charge is 0.494 e. The van der Waals surface area contributed by atoms with E-state index in [-0.39, 0.29) is 6.54 Å². The van der Waals surface area contributed by atoms with Crippen LogP contribution in [0.25, 0.3) is 0 Å². The lowest BCUT2D eigenvalue weighted by atomic mass is 10.2. The second-order valence-corrected chi connectivity index (χ2v) is 7.02. The fourth-order valence-electron chi connectivity index (χ4n) is 2.08. The molecule has 0 N–H and O–H groups in total. The molecule has 0 radical (unpaired) electrons. The summed E-state index contributed by atoms with van der Waals surface area (Å²) in [4.78, 5) is -0.908. The lowest BCUT2D eigenvalue weighted by molar-refractivity contribution is 0.340. The third-order valence-electron chi connectivity index (χ3n) is 3.33. The number of nitrogens with zero attached hydrogens (tertiary/aromatic N) is 1. The maximum absolute atomic E-state index is 13.8. The van der Waals surface area contributed by atoms with Crippen LogP contribution in [-0.2, 0) is 16.6 Å². The highest BCUT2D eigenvalue weighted by molar-refractivity contribution is 7.89. The molecule has 2 aromatic carbocycles. The Hall–Kier alpha value is -2.06. The van der Waals surface area contributed by atoms with Crippen molar-refractivity contribution < 1.29 is 26.3 Å². The summed E-state index contributed by atoms with van der Waals surface area (Å²) in [6, 6.07) is 7.97. The zero-order valence-electron chi connectivity index (χ0n) is 13.1. The van der Waals surface area contributed by atoms with Crippen molar-refractivity contribution in [2.75, 3.05) is 13.7 Å². The molecule has 2 rings (SSSR count). The Morgan fingerprint density at radius 1 is 1.00 bits per heavy atom. The molecule has 0 fully saturated rings. The summed E-state index contributed by atoms with van der Waals surface area (Å²) in [5, 5.41) is 0. The average molecular weight is 359 g/mol. The molecule has 0 spiro atoms. The normalized spacial score (nSPS) is 11.8. The third-order valence-corrected chi connectivity index (χ3v) is 5.15. The van der Waals surface area contributed by atoms with Crippen LogP contribution in [-0.4, -0.2) is 26.4 Å². The van der Waals surface area contributed by atoms with E-state index >= 15 is 0 Å². The van der Waals surface area contributed by atoms with E-state index in [0.717, 1.165) is 4.31 Å². The Morgan fingerprint density at radius 3 is 2.21 bits per heavy atom. The van der Waals surface area contributed by atoms with Crippen LogP contribution in [0.1, 0.15) is 12.5 Å². The van der Waals surface area contributed by atoms with Gasteiger partial charge in [0.2, 0.25) is 10.0 Å². The SMILES string of the molecule is CCOc1ccc(CN(C)S(=O)(=O)c2ccc(F)c(F)c2F)cc1. The van der Waals surface area contributed by atoms with Crippen LogP contribution in [0.5, 0.6) is 5.75 Å². The fourth-order valence-corrected chi connectivity index (χ4v) is 3.29. The maximum Gasteiger partial charge on any atom is 0.246 e. The molecule has 24 heavy (non-hydrogen) atoms. The second kappa shape index (κ2) is 7.23. The minimum Gasteiger partial charge on any atom is -0.494 e. The van der Waals surface area contributed by atoms with Gasteiger partial charge in [-0.1, -0.05) is 12.1 Å². The molecule has 0 aliphatic rings. The highest BCUT2D eigenvalue weighted by Gasteiger charge is 2.27. The Labute approximate surface area is 138 Å². The maximum atomic E-state index is 13.8. The van der Waals surface area contributed by atoms with Crippen molar-refractivity contribution in [3.63, 3.8) is 0 Å². The van der Waals surface area contributed by atoms with Crippen LogP contribution >= 0.6 is 0 Å². The van der Waals surface area contributed by atoms with Gasteiger partial charge in [-0.2, -0.15) is 4.31 Å². The van der Waals surface area contributed by atoms with Crippen LogP contribution < -0.4 is 4.74 Å². The lowest BCUT2D eigenvalue weighted by Gasteiger charge is -2.18. The van der Waals surface area contributed by atoms with E-state index in [1.54, 1.807) is 24.3 Å². The first-order valence-electron chi connectivity index (χ1n) is 7.09. The standard InChI is InChI=1S/C16H16F3NO3S/c1-3-23-12-6-4-11(5-7-12)10-20(2)24(21,22)14-9-8-13(17)15(18)16(14)19/h4-9H,3,10H2,1-2H3. The molecule has 4 nitrogen and oxygen atoms in total. The van der Waals surface area contributed by atoms with Gasteiger partial charge in [-0.25, -0.2) is 21.6 Å². The van der Waals surface area contributed by atoms with Gasteiger partial charge in [0.05, 0.1) is 6.61 Å². The number of hydrogen-bond acceptors (Lipinski definition) is 3. The first kappa shape index (κ1) is 18.3. The van der Waals surface area contributed by atoms with E-state index in [1.807, 2.05) is 6.92 Å². The number of hydrogen-bond donors (Lipinski definition) is 0. The van der Waals surface area contributed by atoms with Crippen molar-refractivity contribution in [1.82, 2.24) is 4.31 Å². The Balaban J connectivity index is 2.25. The zero-order valence-corrected chi connectivity index (χ0v) is 13.9. The van der Waals surface area contributed by atoms with Crippen LogP contribution in [0.4, 0.5) is 13.2 Å². The van der Waals surface area contributed by atoms with Crippen molar-refractivity contribution in [2.24, 2.45) is 0 Å². The molecule has 0 amide bonds. The summed E-state index contributed by atoms with van der Waals surface area (Å²) in [6.45, 7) is 2.28. The molecule has 0 saturated heterocycles. The van der Waals surface area contributed by atoms with Crippen molar-refractivity contribution >= 4 is 10.0 Å². The summed E-state index contributed by atoms with van der Waals surface area (Å²) in [5.74, 6) is -4.35. The van der Waals surface area contributed by atoms with Crippen LogP contribution in [0.3, 0.4) is 0 Å².